The van der Waals surface area contributed by atoms with Crippen molar-refractivity contribution in [3.05, 3.63) is 89.5 Å². The van der Waals surface area contributed by atoms with Crippen LogP contribution in [0.1, 0.15) is 21.5 Å². The molecule has 138 valence electrons. The number of nitrogens with one attached hydrogen (secondary N) is 2. The Balaban J connectivity index is 1.90. The third kappa shape index (κ3) is 4.35. The van der Waals surface area contributed by atoms with E-state index in [1.165, 1.54) is 12.1 Å². The Morgan fingerprint density at radius 1 is 0.815 bits per heavy atom. The molecule has 1 amide bonds. The molecule has 2 N–H and O–H groups in total. The van der Waals surface area contributed by atoms with Gasteiger partial charge in [-0.3, -0.25) is 9.52 Å². The zero-order valence-corrected chi connectivity index (χ0v) is 15.9. The minimum Gasteiger partial charge on any atom is -0.322 e. The molecule has 0 aromatic heterocycles. The smallest absolute Gasteiger partial charge is 0.261 e. The first-order chi connectivity index (χ1) is 12.9. The lowest BCUT2D eigenvalue weighted by Gasteiger charge is -2.13. The van der Waals surface area contributed by atoms with E-state index in [-0.39, 0.29) is 10.8 Å². The number of amides is 1. The van der Waals surface area contributed by atoms with Crippen LogP contribution in [0.4, 0.5) is 11.4 Å². The van der Waals surface area contributed by atoms with Gasteiger partial charge in [-0.1, -0.05) is 42.5 Å². The quantitative estimate of drug-likeness (QED) is 0.691. The normalized spacial score (nSPS) is 11.0. The Hall–Kier alpha value is -3.12. The zero-order chi connectivity index (χ0) is 19.4. The predicted molar refractivity (Wildman–Crippen MR) is 108 cm³/mol. The van der Waals surface area contributed by atoms with Gasteiger partial charge in [0.2, 0.25) is 0 Å². The van der Waals surface area contributed by atoms with Crippen molar-refractivity contribution in [1.82, 2.24) is 0 Å². The van der Waals surface area contributed by atoms with E-state index in [1.807, 2.05) is 37.3 Å². The molecule has 0 fully saturated rings. The van der Waals surface area contributed by atoms with Crippen LogP contribution in [0, 0.1) is 13.8 Å². The first-order valence-electron chi connectivity index (χ1n) is 8.42. The third-order valence-corrected chi connectivity index (χ3v) is 5.55. The summed E-state index contributed by atoms with van der Waals surface area (Å²) in [6.45, 7) is 3.59. The summed E-state index contributed by atoms with van der Waals surface area (Å²) < 4.78 is 28.1. The summed E-state index contributed by atoms with van der Waals surface area (Å²) in [5, 5.41) is 2.78. The number of carbonyl (C=O) groups is 1. The van der Waals surface area contributed by atoms with Crippen molar-refractivity contribution < 1.29 is 13.2 Å². The van der Waals surface area contributed by atoms with E-state index in [9.17, 15) is 13.2 Å². The molecule has 0 aliphatic rings. The van der Waals surface area contributed by atoms with Crippen LogP contribution in [0.15, 0.2) is 77.7 Å². The predicted octanol–water partition coefficient (Wildman–Crippen LogP) is 4.36. The van der Waals surface area contributed by atoms with Gasteiger partial charge in [-0.2, -0.15) is 0 Å². The van der Waals surface area contributed by atoms with Crippen molar-refractivity contribution in [3.63, 3.8) is 0 Å². The number of hydrogen-bond donors (Lipinski definition) is 2. The molecule has 0 saturated carbocycles. The monoisotopic (exact) mass is 380 g/mol. The lowest BCUT2D eigenvalue weighted by atomic mass is 10.1. The first-order valence-corrected chi connectivity index (χ1v) is 9.90. The van der Waals surface area contributed by atoms with Crippen LogP contribution in [-0.2, 0) is 10.0 Å². The minimum absolute atomic E-state index is 0.0366. The SMILES string of the molecule is Cc1ccccc1NS(=O)(=O)c1ccc(C)c(C(=O)Nc2ccccc2)c1. The van der Waals surface area contributed by atoms with Crippen LogP contribution in [0.3, 0.4) is 0 Å². The van der Waals surface area contributed by atoms with E-state index in [1.54, 1.807) is 37.3 Å². The Kier molecular flexibility index (Phi) is 5.28. The molecule has 0 bridgehead atoms. The number of sulfonamides is 1. The van der Waals surface area contributed by atoms with Crippen molar-refractivity contribution in [1.29, 1.82) is 0 Å². The van der Waals surface area contributed by atoms with E-state index < -0.39 is 10.0 Å². The number of hydrogen-bond acceptors (Lipinski definition) is 3. The molecule has 3 aromatic carbocycles. The minimum atomic E-state index is -3.81. The van der Waals surface area contributed by atoms with Gasteiger partial charge in [0.05, 0.1) is 10.6 Å². The lowest BCUT2D eigenvalue weighted by Crippen LogP contribution is -2.17. The molecule has 0 spiro atoms. The van der Waals surface area contributed by atoms with Crippen molar-refractivity contribution in [2.24, 2.45) is 0 Å². The standard InChI is InChI=1S/C21H20N2O3S/c1-15-12-13-18(27(25,26)23-20-11-7-6-8-16(20)2)14-19(15)21(24)22-17-9-4-3-5-10-17/h3-14,23H,1-2H3,(H,22,24). The molecule has 0 saturated heterocycles. The van der Waals surface area contributed by atoms with Gasteiger partial charge in [0.15, 0.2) is 0 Å². The fourth-order valence-electron chi connectivity index (χ4n) is 2.62. The number of carbonyl (C=O) groups excluding carboxylic acids is 1. The molecule has 0 atom stereocenters. The molecule has 3 rings (SSSR count). The van der Waals surface area contributed by atoms with Gasteiger partial charge in [0, 0.05) is 11.3 Å². The molecule has 0 heterocycles. The second kappa shape index (κ2) is 7.63. The summed E-state index contributed by atoms with van der Waals surface area (Å²) in [5.41, 5.74) is 2.97. The Morgan fingerprint density at radius 3 is 2.19 bits per heavy atom. The van der Waals surface area contributed by atoms with Crippen LogP contribution in [0.5, 0.6) is 0 Å². The molecule has 27 heavy (non-hydrogen) atoms. The largest absolute Gasteiger partial charge is 0.322 e. The van der Waals surface area contributed by atoms with E-state index in [4.69, 9.17) is 0 Å². The second-order valence-electron chi connectivity index (χ2n) is 6.22. The van der Waals surface area contributed by atoms with Gasteiger partial charge < -0.3 is 5.32 Å². The topological polar surface area (TPSA) is 75.3 Å². The highest BCUT2D eigenvalue weighted by Gasteiger charge is 2.19. The molecular formula is C21H20N2O3S. The summed E-state index contributed by atoms with van der Waals surface area (Å²) in [7, 11) is -3.81. The highest BCUT2D eigenvalue weighted by Crippen LogP contribution is 2.22. The summed E-state index contributed by atoms with van der Waals surface area (Å²) >= 11 is 0. The average molecular weight is 380 g/mol. The van der Waals surface area contributed by atoms with Crippen molar-refractivity contribution in [2.75, 3.05) is 10.0 Å². The molecule has 5 nitrogen and oxygen atoms in total. The molecule has 0 unspecified atom stereocenters. The Morgan fingerprint density at radius 2 is 1.48 bits per heavy atom. The van der Waals surface area contributed by atoms with Crippen LogP contribution in [0.25, 0.3) is 0 Å². The van der Waals surface area contributed by atoms with Crippen LogP contribution < -0.4 is 10.0 Å². The van der Waals surface area contributed by atoms with Crippen molar-refractivity contribution >= 4 is 27.3 Å². The third-order valence-electron chi connectivity index (χ3n) is 4.19. The maximum absolute atomic E-state index is 12.8. The molecule has 0 radical (unpaired) electrons. The molecule has 0 aliphatic carbocycles. The van der Waals surface area contributed by atoms with Gasteiger partial charge in [0.1, 0.15) is 0 Å². The van der Waals surface area contributed by atoms with E-state index in [0.717, 1.165) is 5.56 Å². The maximum atomic E-state index is 12.8. The van der Waals surface area contributed by atoms with Crippen LogP contribution in [-0.4, -0.2) is 14.3 Å². The number of benzene rings is 3. The Labute approximate surface area is 159 Å². The zero-order valence-electron chi connectivity index (χ0n) is 15.1. The number of rotatable bonds is 5. The highest BCUT2D eigenvalue weighted by atomic mass is 32.2. The van der Waals surface area contributed by atoms with E-state index >= 15 is 0 Å². The molecule has 0 aliphatic heterocycles. The van der Waals surface area contributed by atoms with Gasteiger partial charge >= 0.3 is 0 Å². The fourth-order valence-corrected chi connectivity index (χ4v) is 3.78. The summed E-state index contributed by atoms with van der Waals surface area (Å²) in [5.74, 6) is -0.355. The Bertz CT molecular complexity index is 1080. The summed E-state index contributed by atoms with van der Waals surface area (Å²) in [4.78, 5) is 12.6. The first kappa shape index (κ1) is 18.7. The fraction of sp³-hybridized carbons (Fsp3) is 0.0952. The van der Waals surface area contributed by atoms with Crippen molar-refractivity contribution in [3.8, 4) is 0 Å². The molecule has 6 heteroatoms. The van der Waals surface area contributed by atoms with E-state index in [2.05, 4.69) is 10.0 Å². The van der Waals surface area contributed by atoms with Gasteiger partial charge in [-0.05, 0) is 55.3 Å². The maximum Gasteiger partial charge on any atom is 0.261 e. The second-order valence-corrected chi connectivity index (χ2v) is 7.90. The lowest BCUT2D eigenvalue weighted by molar-refractivity contribution is 0.102. The van der Waals surface area contributed by atoms with Crippen LogP contribution >= 0.6 is 0 Å². The van der Waals surface area contributed by atoms with Crippen molar-refractivity contribution in [2.45, 2.75) is 18.7 Å². The molecular weight excluding hydrogens is 360 g/mol. The van der Waals surface area contributed by atoms with Crippen LogP contribution in [0.2, 0.25) is 0 Å². The van der Waals surface area contributed by atoms with Gasteiger partial charge in [0.25, 0.3) is 15.9 Å². The van der Waals surface area contributed by atoms with Gasteiger partial charge in [-0.15, -0.1) is 0 Å². The average Bonchev–Trinajstić information content (AvgIpc) is 2.64. The number of aryl methyl sites for hydroxylation is 2. The number of anilines is 2. The van der Waals surface area contributed by atoms with E-state index in [0.29, 0.717) is 22.5 Å². The molecule has 3 aromatic rings. The van der Waals surface area contributed by atoms with Gasteiger partial charge in [-0.25, -0.2) is 8.42 Å². The summed E-state index contributed by atoms with van der Waals surface area (Å²) in [6.07, 6.45) is 0. The number of para-hydroxylation sites is 2. The summed E-state index contributed by atoms with van der Waals surface area (Å²) in [6, 6.07) is 20.7. The highest BCUT2D eigenvalue weighted by molar-refractivity contribution is 7.92.